The van der Waals surface area contributed by atoms with Crippen LogP contribution in [0.3, 0.4) is 0 Å². The van der Waals surface area contributed by atoms with Gasteiger partial charge in [0.05, 0.1) is 5.25 Å². The molecule has 1 rings (SSSR count). The summed E-state index contributed by atoms with van der Waals surface area (Å²) in [6, 6.07) is 9.32. The van der Waals surface area contributed by atoms with Crippen LogP contribution in [-0.4, -0.2) is 35.9 Å². The highest BCUT2D eigenvalue weighted by Crippen LogP contribution is 2.14. The third kappa shape index (κ3) is 6.58. The first-order valence-corrected chi connectivity index (χ1v) is 7.62. The summed E-state index contributed by atoms with van der Waals surface area (Å²) in [5, 5.41) is 5.34. The molecule has 0 radical (unpaired) electrons. The first kappa shape index (κ1) is 16.5. The number of nitrogens with two attached hydrogens (primary N) is 1. The fourth-order valence-corrected chi connectivity index (χ4v) is 2.34. The van der Waals surface area contributed by atoms with Gasteiger partial charge in [-0.05, 0) is 19.1 Å². The van der Waals surface area contributed by atoms with Crippen molar-refractivity contribution in [3.63, 3.8) is 0 Å². The normalized spacial score (nSPS) is 11.7. The molecule has 5 nitrogen and oxygen atoms in total. The molecule has 110 valence electrons. The van der Waals surface area contributed by atoms with Crippen LogP contribution < -0.4 is 16.4 Å². The maximum Gasteiger partial charge on any atom is 0.237 e. The molecule has 6 heteroatoms. The molecule has 20 heavy (non-hydrogen) atoms. The highest BCUT2D eigenvalue weighted by Gasteiger charge is 2.13. The lowest BCUT2D eigenvalue weighted by Crippen LogP contribution is -2.29. The Morgan fingerprint density at radius 3 is 2.65 bits per heavy atom. The molecule has 1 atom stereocenters. The van der Waals surface area contributed by atoms with Crippen molar-refractivity contribution in [2.24, 2.45) is 5.73 Å². The number of para-hydroxylation sites is 1. The zero-order chi connectivity index (χ0) is 14.8. The number of rotatable bonds is 8. The van der Waals surface area contributed by atoms with Crippen molar-refractivity contribution in [1.82, 2.24) is 5.32 Å². The summed E-state index contributed by atoms with van der Waals surface area (Å²) in [5.74, 6) is 0.530. The molecule has 0 aliphatic heterocycles. The van der Waals surface area contributed by atoms with Crippen LogP contribution >= 0.6 is 11.8 Å². The second-order valence-corrected chi connectivity index (χ2v) is 5.71. The van der Waals surface area contributed by atoms with Gasteiger partial charge in [0.15, 0.2) is 0 Å². The fourth-order valence-electron chi connectivity index (χ4n) is 1.47. The van der Waals surface area contributed by atoms with E-state index in [4.69, 9.17) is 5.73 Å². The number of hydrogen-bond donors (Lipinski definition) is 3. The number of hydrogen-bond acceptors (Lipinski definition) is 4. The molecule has 1 unspecified atom stereocenters. The largest absolute Gasteiger partial charge is 0.355 e. The molecule has 0 bridgehead atoms. The lowest BCUT2D eigenvalue weighted by molar-refractivity contribution is -0.120. The quantitative estimate of drug-likeness (QED) is 0.673. The SMILES string of the molecule is CC(SCCC(=O)NCCN)C(=O)Nc1ccccc1. The van der Waals surface area contributed by atoms with Crippen molar-refractivity contribution in [3.05, 3.63) is 30.3 Å². The molecule has 0 aliphatic rings. The molecular weight excluding hydrogens is 274 g/mol. The third-order valence-corrected chi connectivity index (χ3v) is 3.73. The minimum atomic E-state index is -0.197. The molecule has 1 aromatic rings. The van der Waals surface area contributed by atoms with Crippen molar-refractivity contribution in [2.45, 2.75) is 18.6 Å². The first-order chi connectivity index (χ1) is 9.63. The second-order valence-electron chi connectivity index (χ2n) is 4.26. The van der Waals surface area contributed by atoms with Gasteiger partial charge in [0.25, 0.3) is 0 Å². The Morgan fingerprint density at radius 2 is 2.00 bits per heavy atom. The third-order valence-electron chi connectivity index (χ3n) is 2.57. The molecule has 0 fully saturated rings. The van der Waals surface area contributed by atoms with Crippen LogP contribution in [0, 0.1) is 0 Å². The molecule has 0 saturated heterocycles. The highest BCUT2D eigenvalue weighted by atomic mass is 32.2. The van der Waals surface area contributed by atoms with E-state index < -0.39 is 0 Å². The predicted octanol–water partition coefficient (Wildman–Crippen LogP) is 1.21. The molecule has 0 heterocycles. The maximum absolute atomic E-state index is 11.9. The zero-order valence-electron chi connectivity index (χ0n) is 11.6. The average Bonchev–Trinajstić information content (AvgIpc) is 2.46. The molecule has 0 saturated carbocycles. The summed E-state index contributed by atoms with van der Waals surface area (Å²) in [6.45, 7) is 2.77. The van der Waals surface area contributed by atoms with Crippen molar-refractivity contribution >= 4 is 29.3 Å². The lowest BCUT2D eigenvalue weighted by atomic mass is 10.3. The maximum atomic E-state index is 11.9. The van der Waals surface area contributed by atoms with E-state index in [-0.39, 0.29) is 17.1 Å². The van der Waals surface area contributed by atoms with Crippen LogP contribution in [-0.2, 0) is 9.59 Å². The van der Waals surface area contributed by atoms with Crippen LogP contribution in [0.25, 0.3) is 0 Å². The van der Waals surface area contributed by atoms with E-state index in [2.05, 4.69) is 10.6 Å². The number of amides is 2. The summed E-state index contributed by atoms with van der Waals surface area (Å²) in [4.78, 5) is 23.3. The van der Waals surface area contributed by atoms with Gasteiger partial charge in [-0.15, -0.1) is 11.8 Å². The van der Waals surface area contributed by atoms with E-state index in [1.54, 1.807) is 0 Å². The summed E-state index contributed by atoms with van der Waals surface area (Å²) in [6.07, 6.45) is 0.396. The van der Waals surface area contributed by atoms with Gasteiger partial charge in [-0.2, -0.15) is 0 Å². The van der Waals surface area contributed by atoms with Crippen molar-refractivity contribution in [3.8, 4) is 0 Å². The minimum Gasteiger partial charge on any atom is -0.355 e. The molecular formula is C14H21N3O2S. The van der Waals surface area contributed by atoms with Gasteiger partial charge in [0.1, 0.15) is 0 Å². The molecule has 0 aromatic heterocycles. The Kier molecular flexibility index (Phi) is 7.75. The zero-order valence-corrected chi connectivity index (χ0v) is 12.4. The Balaban J connectivity index is 2.23. The van der Waals surface area contributed by atoms with E-state index >= 15 is 0 Å². The van der Waals surface area contributed by atoms with E-state index in [1.165, 1.54) is 11.8 Å². The Morgan fingerprint density at radius 1 is 1.30 bits per heavy atom. The van der Waals surface area contributed by atoms with E-state index in [9.17, 15) is 9.59 Å². The van der Waals surface area contributed by atoms with Crippen LogP contribution in [0.1, 0.15) is 13.3 Å². The highest BCUT2D eigenvalue weighted by molar-refractivity contribution is 8.00. The van der Waals surface area contributed by atoms with Crippen LogP contribution in [0.5, 0.6) is 0 Å². The van der Waals surface area contributed by atoms with Gasteiger partial charge in [0, 0.05) is 31.0 Å². The van der Waals surface area contributed by atoms with Gasteiger partial charge in [-0.1, -0.05) is 18.2 Å². The number of benzene rings is 1. The smallest absolute Gasteiger partial charge is 0.237 e. The second kappa shape index (κ2) is 9.39. The number of carbonyl (C=O) groups is 2. The van der Waals surface area contributed by atoms with Crippen LogP contribution in [0.4, 0.5) is 5.69 Å². The standard InChI is InChI=1S/C14H21N3O2S/c1-11(20-10-7-13(18)16-9-8-15)14(19)17-12-5-3-2-4-6-12/h2-6,11H,7-10,15H2,1H3,(H,16,18)(H,17,19). The monoisotopic (exact) mass is 295 g/mol. The lowest BCUT2D eigenvalue weighted by Gasteiger charge is -2.11. The van der Waals surface area contributed by atoms with Gasteiger partial charge < -0.3 is 16.4 Å². The summed E-state index contributed by atoms with van der Waals surface area (Å²) >= 11 is 1.46. The molecule has 1 aromatic carbocycles. The van der Waals surface area contributed by atoms with Gasteiger partial charge in [-0.3, -0.25) is 9.59 Å². The van der Waals surface area contributed by atoms with E-state index in [0.29, 0.717) is 25.3 Å². The molecule has 4 N–H and O–H groups in total. The van der Waals surface area contributed by atoms with Crippen molar-refractivity contribution in [2.75, 3.05) is 24.2 Å². The number of nitrogens with one attached hydrogen (secondary N) is 2. The summed E-state index contributed by atoms with van der Waals surface area (Å²) < 4.78 is 0. The van der Waals surface area contributed by atoms with Gasteiger partial charge in [0.2, 0.25) is 11.8 Å². The number of thioether (sulfide) groups is 1. The Labute approximate surface area is 123 Å². The van der Waals surface area contributed by atoms with Gasteiger partial charge in [-0.25, -0.2) is 0 Å². The molecule has 2 amide bonds. The average molecular weight is 295 g/mol. The Hall–Kier alpha value is -1.53. The fraction of sp³-hybridized carbons (Fsp3) is 0.429. The number of carbonyl (C=O) groups excluding carboxylic acids is 2. The van der Waals surface area contributed by atoms with Crippen molar-refractivity contribution in [1.29, 1.82) is 0 Å². The van der Waals surface area contributed by atoms with Crippen LogP contribution in [0.15, 0.2) is 30.3 Å². The number of anilines is 1. The van der Waals surface area contributed by atoms with Crippen molar-refractivity contribution < 1.29 is 9.59 Å². The van der Waals surface area contributed by atoms with Crippen LogP contribution in [0.2, 0.25) is 0 Å². The van der Waals surface area contributed by atoms with E-state index in [1.807, 2.05) is 37.3 Å². The molecule has 0 spiro atoms. The topological polar surface area (TPSA) is 84.2 Å². The minimum absolute atomic E-state index is 0.0291. The Bertz CT molecular complexity index is 426. The summed E-state index contributed by atoms with van der Waals surface area (Å²) in [7, 11) is 0. The predicted molar refractivity (Wildman–Crippen MR) is 83.7 cm³/mol. The van der Waals surface area contributed by atoms with Gasteiger partial charge >= 0.3 is 0 Å². The summed E-state index contributed by atoms with van der Waals surface area (Å²) in [5.41, 5.74) is 6.08. The molecule has 0 aliphatic carbocycles. The van der Waals surface area contributed by atoms with E-state index in [0.717, 1.165) is 5.69 Å². The first-order valence-electron chi connectivity index (χ1n) is 6.57.